The van der Waals surface area contributed by atoms with Gasteiger partial charge >= 0.3 is 0 Å². The van der Waals surface area contributed by atoms with Crippen LogP contribution in [-0.4, -0.2) is 44.7 Å². The number of rotatable bonds is 7. The summed E-state index contributed by atoms with van der Waals surface area (Å²) in [7, 11) is 1.89. The van der Waals surface area contributed by atoms with E-state index < -0.39 is 0 Å². The van der Waals surface area contributed by atoms with Crippen molar-refractivity contribution in [1.29, 1.82) is 0 Å². The van der Waals surface area contributed by atoms with Gasteiger partial charge in [0.2, 0.25) is 0 Å². The Morgan fingerprint density at radius 1 is 1.39 bits per heavy atom. The summed E-state index contributed by atoms with van der Waals surface area (Å²) in [6.07, 6.45) is 6.11. The van der Waals surface area contributed by atoms with Crippen LogP contribution in [0.2, 0.25) is 0 Å². The average molecular weight is 338 g/mol. The van der Waals surface area contributed by atoms with Gasteiger partial charge in [-0.15, -0.1) is 0 Å². The van der Waals surface area contributed by atoms with Gasteiger partial charge < -0.3 is 4.90 Å². The zero-order valence-corrected chi connectivity index (χ0v) is 15.9. The number of aryl methyl sites for hydroxylation is 1. The van der Waals surface area contributed by atoms with Crippen molar-refractivity contribution < 1.29 is 4.79 Å². The third-order valence-corrected chi connectivity index (χ3v) is 5.55. The van der Waals surface area contributed by atoms with Crippen LogP contribution in [0.25, 0.3) is 0 Å². The second kappa shape index (κ2) is 8.76. The maximum Gasteiger partial charge on any atom is 0.272 e. The minimum atomic E-state index is 0.163. The van der Waals surface area contributed by atoms with E-state index in [0.29, 0.717) is 12.0 Å². The first-order valence-electron chi connectivity index (χ1n) is 8.97. The molecule has 23 heavy (non-hydrogen) atoms. The maximum absolute atomic E-state index is 13.2. The molecule has 0 radical (unpaired) electrons. The van der Waals surface area contributed by atoms with E-state index in [4.69, 9.17) is 0 Å². The Labute approximate surface area is 145 Å². The molecular weight excluding hydrogens is 306 g/mol. The Morgan fingerprint density at radius 2 is 2.09 bits per heavy atom. The van der Waals surface area contributed by atoms with Gasteiger partial charge in [0.05, 0.1) is 5.69 Å². The molecule has 0 spiro atoms. The Bertz CT molecular complexity index is 506. The molecule has 1 aromatic heterocycles. The van der Waals surface area contributed by atoms with Crippen LogP contribution < -0.4 is 0 Å². The van der Waals surface area contributed by atoms with Crippen LogP contribution in [0.4, 0.5) is 0 Å². The monoisotopic (exact) mass is 337 g/mol. The zero-order valence-electron chi connectivity index (χ0n) is 15.0. The first-order chi connectivity index (χ1) is 11.0. The van der Waals surface area contributed by atoms with E-state index in [1.165, 1.54) is 19.3 Å². The zero-order chi connectivity index (χ0) is 16.8. The summed E-state index contributed by atoms with van der Waals surface area (Å²) < 4.78 is 1.76. The Morgan fingerprint density at radius 3 is 2.65 bits per heavy atom. The summed E-state index contributed by atoms with van der Waals surface area (Å²) in [4.78, 5) is 15.3. The van der Waals surface area contributed by atoms with E-state index in [2.05, 4.69) is 30.8 Å². The van der Waals surface area contributed by atoms with Crippen LogP contribution >= 0.6 is 11.8 Å². The van der Waals surface area contributed by atoms with E-state index in [0.717, 1.165) is 42.3 Å². The first kappa shape index (κ1) is 18.4. The van der Waals surface area contributed by atoms with Gasteiger partial charge in [-0.2, -0.15) is 16.9 Å². The normalized spacial score (nSPS) is 16.0. The van der Waals surface area contributed by atoms with E-state index in [9.17, 15) is 4.79 Å². The van der Waals surface area contributed by atoms with Crippen molar-refractivity contribution in [2.45, 2.75) is 64.8 Å². The fourth-order valence-corrected chi connectivity index (χ4v) is 3.88. The standard InChI is InChI=1S/C18H31N3OS/c1-5-23-12-11-21(15-9-7-6-8-10-15)18(22)17-13-16(14(2)3)19-20(17)4/h13-15H,5-12H2,1-4H3. The quantitative estimate of drug-likeness (QED) is 0.704. The molecule has 1 saturated carbocycles. The van der Waals surface area contributed by atoms with Gasteiger partial charge in [-0.1, -0.05) is 40.0 Å². The van der Waals surface area contributed by atoms with Gasteiger partial charge in [0.1, 0.15) is 5.69 Å². The van der Waals surface area contributed by atoms with Crippen LogP contribution in [0.1, 0.15) is 75.0 Å². The minimum absolute atomic E-state index is 0.163. The second-order valence-electron chi connectivity index (χ2n) is 6.72. The molecule has 1 aliphatic rings. The molecule has 1 aliphatic carbocycles. The predicted octanol–water partition coefficient (Wildman–Crippen LogP) is 4.07. The SMILES string of the molecule is CCSCCN(C(=O)c1cc(C(C)C)nn1C)C1CCCCC1. The predicted molar refractivity (Wildman–Crippen MR) is 98.2 cm³/mol. The lowest BCUT2D eigenvalue weighted by atomic mass is 9.94. The molecule has 1 fully saturated rings. The fraction of sp³-hybridized carbons (Fsp3) is 0.778. The highest BCUT2D eigenvalue weighted by atomic mass is 32.2. The second-order valence-corrected chi connectivity index (χ2v) is 8.11. The van der Waals surface area contributed by atoms with Crippen LogP contribution in [0.15, 0.2) is 6.07 Å². The molecule has 1 heterocycles. The smallest absolute Gasteiger partial charge is 0.272 e. The highest BCUT2D eigenvalue weighted by molar-refractivity contribution is 7.99. The van der Waals surface area contributed by atoms with Gasteiger partial charge in [-0.25, -0.2) is 0 Å². The lowest BCUT2D eigenvalue weighted by Gasteiger charge is -2.34. The summed E-state index contributed by atoms with van der Waals surface area (Å²) in [5.74, 6) is 2.64. The number of nitrogens with zero attached hydrogens (tertiary/aromatic N) is 3. The lowest BCUT2D eigenvalue weighted by molar-refractivity contribution is 0.0639. The summed E-state index contributed by atoms with van der Waals surface area (Å²) >= 11 is 1.91. The minimum Gasteiger partial charge on any atom is -0.334 e. The molecule has 0 atom stereocenters. The van der Waals surface area contributed by atoms with Crippen molar-refractivity contribution in [1.82, 2.24) is 14.7 Å². The number of carbonyl (C=O) groups excluding carboxylic acids is 1. The van der Waals surface area contributed by atoms with Crippen molar-refractivity contribution in [3.05, 3.63) is 17.5 Å². The molecule has 0 saturated heterocycles. The molecule has 2 rings (SSSR count). The lowest BCUT2D eigenvalue weighted by Crippen LogP contribution is -2.43. The molecule has 130 valence electrons. The molecule has 0 N–H and O–H groups in total. The van der Waals surface area contributed by atoms with Crippen LogP contribution in [0, 0.1) is 0 Å². The summed E-state index contributed by atoms with van der Waals surface area (Å²) in [6.45, 7) is 7.26. The number of hydrogen-bond donors (Lipinski definition) is 0. The van der Waals surface area contributed by atoms with Crippen molar-refractivity contribution in [2.75, 3.05) is 18.1 Å². The largest absolute Gasteiger partial charge is 0.334 e. The molecule has 1 amide bonds. The topological polar surface area (TPSA) is 38.1 Å². The summed E-state index contributed by atoms with van der Waals surface area (Å²) in [6, 6.07) is 2.39. The van der Waals surface area contributed by atoms with Crippen LogP contribution in [-0.2, 0) is 7.05 Å². The number of carbonyl (C=O) groups is 1. The number of thioether (sulfide) groups is 1. The van der Waals surface area contributed by atoms with E-state index in [-0.39, 0.29) is 5.91 Å². The molecule has 0 aliphatic heterocycles. The van der Waals surface area contributed by atoms with Gasteiger partial charge in [0.15, 0.2) is 0 Å². The molecule has 0 aromatic carbocycles. The highest BCUT2D eigenvalue weighted by Crippen LogP contribution is 2.25. The maximum atomic E-state index is 13.2. The molecule has 1 aromatic rings. The number of amides is 1. The fourth-order valence-electron chi connectivity index (χ4n) is 3.27. The van der Waals surface area contributed by atoms with Gasteiger partial charge in [0.25, 0.3) is 5.91 Å². The van der Waals surface area contributed by atoms with Gasteiger partial charge in [0, 0.05) is 25.4 Å². The highest BCUT2D eigenvalue weighted by Gasteiger charge is 2.28. The summed E-state index contributed by atoms with van der Waals surface area (Å²) in [5, 5.41) is 4.52. The van der Waals surface area contributed by atoms with Crippen molar-refractivity contribution in [3.63, 3.8) is 0 Å². The third-order valence-electron chi connectivity index (χ3n) is 4.67. The Hall–Kier alpha value is -0.970. The van der Waals surface area contributed by atoms with E-state index in [1.807, 2.05) is 24.9 Å². The average Bonchev–Trinajstić information content (AvgIpc) is 2.94. The molecule has 4 nitrogen and oxygen atoms in total. The van der Waals surface area contributed by atoms with E-state index >= 15 is 0 Å². The molecule has 5 heteroatoms. The summed E-state index contributed by atoms with van der Waals surface area (Å²) in [5.41, 5.74) is 1.74. The first-order valence-corrected chi connectivity index (χ1v) is 10.1. The van der Waals surface area contributed by atoms with Gasteiger partial charge in [-0.3, -0.25) is 9.48 Å². The van der Waals surface area contributed by atoms with Crippen molar-refractivity contribution in [2.24, 2.45) is 7.05 Å². The Balaban J connectivity index is 2.17. The molecular formula is C18H31N3OS. The number of hydrogen-bond acceptors (Lipinski definition) is 3. The third kappa shape index (κ3) is 4.75. The molecule has 0 unspecified atom stereocenters. The number of aromatic nitrogens is 2. The van der Waals surface area contributed by atoms with Crippen LogP contribution in [0.5, 0.6) is 0 Å². The van der Waals surface area contributed by atoms with E-state index in [1.54, 1.807) is 4.68 Å². The van der Waals surface area contributed by atoms with Crippen molar-refractivity contribution in [3.8, 4) is 0 Å². The Kier molecular flexibility index (Phi) is 7.00. The van der Waals surface area contributed by atoms with Gasteiger partial charge in [-0.05, 0) is 30.6 Å². The van der Waals surface area contributed by atoms with Crippen molar-refractivity contribution >= 4 is 17.7 Å². The molecule has 0 bridgehead atoms. The van der Waals surface area contributed by atoms with Crippen LogP contribution in [0.3, 0.4) is 0 Å².